The molecule has 0 bridgehead atoms. The molecule has 1 atom stereocenters. The fraction of sp³-hybridized carbons (Fsp3) is 0.429. The fourth-order valence-corrected chi connectivity index (χ4v) is 2.59. The highest BCUT2D eigenvalue weighted by Gasteiger charge is 2.43. The molecule has 1 unspecified atom stereocenters. The first-order valence-corrected chi connectivity index (χ1v) is 5.73. The van der Waals surface area contributed by atoms with E-state index in [1.807, 2.05) is 31.2 Å². The molecule has 16 heavy (non-hydrogen) atoms. The minimum absolute atomic E-state index is 0.237. The summed E-state index contributed by atoms with van der Waals surface area (Å²) >= 11 is 0. The molecule has 1 aliphatic rings. The van der Waals surface area contributed by atoms with Crippen LogP contribution in [0.4, 0.5) is 0 Å². The van der Waals surface area contributed by atoms with E-state index in [4.69, 9.17) is 5.26 Å². The number of carbonyl (C=O) groups excluding carboxylic acids is 1. The van der Waals surface area contributed by atoms with Crippen LogP contribution in [0.5, 0.6) is 0 Å². The van der Waals surface area contributed by atoms with Gasteiger partial charge in [0.2, 0.25) is 0 Å². The van der Waals surface area contributed by atoms with Gasteiger partial charge in [-0.2, -0.15) is 5.26 Å². The molecule has 0 radical (unpaired) electrons. The summed E-state index contributed by atoms with van der Waals surface area (Å²) in [5.74, 6) is 0.237. The SMILES string of the molecule is CCC1(CCC#N)Cc2ccccc2C1=O. The molecule has 0 amide bonds. The number of hydrogen-bond acceptors (Lipinski definition) is 2. The zero-order valence-electron chi connectivity index (χ0n) is 9.49. The second-order valence-electron chi connectivity index (χ2n) is 4.46. The highest BCUT2D eigenvalue weighted by atomic mass is 16.1. The van der Waals surface area contributed by atoms with Gasteiger partial charge in [-0.25, -0.2) is 0 Å². The lowest BCUT2D eigenvalue weighted by molar-refractivity contribution is 0.0799. The summed E-state index contributed by atoms with van der Waals surface area (Å²) in [6, 6.07) is 9.96. The van der Waals surface area contributed by atoms with Crippen molar-refractivity contribution >= 4 is 5.78 Å². The fourth-order valence-electron chi connectivity index (χ4n) is 2.59. The zero-order chi connectivity index (χ0) is 11.6. The van der Waals surface area contributed by atoms with Crippen LogP contribution in [0.15, 0.2) is 24.3 Å². The van der Waals surface area contributed by atoms with Gasteiger partial charge in [-0.1, -0.05) is 31.2 Å². The Morgan fingerprint density at radius 3 is 2.81 bits per heavy atom. The first-order chi connectivity index (χ1) is 7.73. The number of benzene rings is 1. The minimum atomic E-state index is -0.306. The third kappa shape index (κ3) is 1.53. The maximum absolute atomic E-state index is 12.3. The summed E-state index contributed by atoms with van der Waals surface area (Å²) in [6.07, 6.45) is 2.78. The lowest BCUT2D eigenvalue weighted by atomic mass is 9.77. The third-order valence-corrected chi connectivity index (χ3v) is 3.66. The van der Waals surface area contributed by atoms with Gasteiger partial charge in [0.15, 0.2) is 5.78 Å². The van der Waals surface area contributed by atoms with Crippen LogP contribution in [0.1, 0.15) is 42.1 Å². The Morgan fingerprint density at radius 1 is 1.44 bits per heavy atom. The van der Waals surface area contributed by atoms with Crippen LogP contribution < -0.4 is 0 Å². The maximum atomic E-state index is 12.3. The van der Waals surface area contributed by atoms with Crippen LogP contribution in [-0.4, -0.2) is 5.78 Å². The van der Waals surface area contributed by atoms with Crippen LogP contribution in [0.2, 0.25) is 0 Å². The topological polar surface area (TPSA) is 40.9 Å². The molecule has 0 saturated heterocycles. The molecule has 0 aliphatic heterocycles. The van der Waals surface area contributed by atoms with E-state index in [0.717, 1.165) is 24.0 Å². The van der Waals surface area contributed by atoms with E-state index in [0.29, 0.717) is 12.8 Å². The Morgan fingerprint density at radius 2 is 2.19 bits per heavy atom. The lowest BCUT2D eigenvalue weighted by Gasteiger charge is -2.24. The molecule has 2 heteroatoms. The predicted molar refractivity (Wildman–Crippen MR) is 62.0 cm³/mol. The first-order valence-electron chi connectivity index (χ1n) is 5.73. The number of fused-ring (bicyclic) bond motifs is 1. The van der Waals surface area contributed by atoms with Crippen molar-refractivity contribution in [3.63, 3.8) is 0 Å². The van der Waals surface area contributed by atoms with Gasteiger partial charge in [-0.3, -0.25) is 4.79 Å². The average molecular weight is 213 g/mol. The Kier molecular flexibility index (Phi) is 2.78. The van der Waals surface area contributed by atoms with Gasteiger partial charge in [-0.05, 0) is 24.8 Å². The van der Waals surface area contributed by atoms with Gasteiger partial charge in [0.05, 0.1) is 6.07 Å². The minimum Gasteiger partial charge on any atom is -0.294 e. The Bertz CT molecular complexity index is 458. The molecular weight excluding hydrogens is 198 g/mol. The summed E-state index contributed by atoms with van der Waals surface area (Å²) in [5, 5.41) is 8.68. The predicted octanol–water partition coefficient (Wildman–Crippen LogP) is 3.13. The Balaban J connectivity index is 2.34. The van der Waals surface area contributed by atoms with Gasteiger partial charge in [0.1, 0.15) is 0 Å². The Hall–Kier alpha value is -1.62. The first kappa shape index (κ1) is 10.9. The molecule has 2 nitrogen and oxygen atoms in total. The molecule has 1 aromatic carbocycles. The van der Waals surface area contributed by atoms with Crippen molar-refractivity contribution in [1.29, 1.82) is 5.26 Å². The molecular formula is C14H15NO. The standard InChI is InChI=1S/C14H15NO/c1-2-14(8-5-9-15)10-11-6-3-4-7-12(11)13(14)16/h3-4,6-7H,2,5,8,10H2,1H3. The van der Waals surface area contributed by atoms with Crippen molar-refractivity contribution in [3.8, 4) is 6.07 Å². The summed E-state index contributed by atoms with van der Waals surface area (Å²) in [5.41, 5.74) is 1.70. The van der Waals surface area contributed by atoms with E-state index in [1.54, 1.807) is 0 Å². The van der Waals surface area contributed by atoms with Gasteiger partial charge in [0.25, 0.3) is 0 Å². The van der Waals surface area contributed by atoms with E-state index in [-0.39, 0.29) is 11.2 Å². The number of hydrogen-bond donors (Lipinski definition) is 0. The van der Waals surface area contributed by atoms with Gasteiger partial charge in [-0.15, -0.1) is 0 Å². The highest BCUT2D eigenvalue weighted by molar-refractivity contribution is 6.04. The summed E-state index contributed by atoms with van der Waals surface area (Å²) < 4.78 is 0. The van der Waals surface area contributed by atoms with Crippen molar-refractivity contribution in [3.05, 3.63) is 35.4 Å². The zero-order valence-corrected chi connectivity index (χ0v) is 9.49. The third-order valence-electron chi connectivity index (χ3n) is 3.66. The number of Topliss-reactive ketones (excluding diaryl/α,β-unsaturated/α-hetero) is 1. The molecule has 0 fully saturated rings. The van der Waals surface area contributed by atoms with Crippen molar-refractivity contribution in [2.45, 2.75) is 32.6 Å². The normalized spacial score (nSPS) is 22.9. The van der Waals surface area contributed by atoms with Crippen LogP contribution in [0.3, 0.4) is 0 Å². The quantitative estimate of drug-likeness (QED) is 0.774. The maximum Gasteiger partial charge on any atom is 0.169 e. The molecule has 1 aromatic rings. The molecule has 1 aliphatic carbocycles. The van der Waals surface area contributed by atoms with E-state index in [1.165, 1.54) is 0 Å². The van der Waals surface area contributed by atoms with E-state index >= 15 is 0 Å². The van der Waals surface area contributed by atoms with E-state index in [2.05, 4.69) is 6.07 Å². The molecule has 0 N–H and O–H groups in total. The van der Waals surface area contributed by atoms with Crippen molar-refractivity contribution in [1.82, 2.24) is 0 Å². The second kappa shape index (κ2) is 4.09. The summed E-state index contributed by atoms with van der Waals surface area (Å²) in [7, 11) is 0. The van der Waals surface area contributed by atoms with Crippen LogP contribution in [-0.2, 0) is 6.42 Å². The van der Waals surface area contributed by atoms with Crippen LogP contribution >= 0.6 is 0 Å². The summed E-state index contributed by atoms with van der Waals surface area (Å²) in [4.78, 5) is 12.3. The highest BCUT2D eigenvalue weighted by Crippen LogP contribution is 2.42. The van der Waals surface area contributed by atoms with Crippen LogP contribution in [0, 0.1) is 16.7 Å². The molecule has 2 rings (SSSR count). The van der Waals surface area contributed by atoms with E-state index < -0.39 is 0 Å². The number of carbonyl (C=O) groups is 1. The van der Waals surface area contributed by atoms with Gasteiger partial charge in [0, 0.05) is 17.4 Å². The van der Waals surface area contributed by atoms with Crippen molar-refractivity contribution in [2.24, 2.45) is 5.41 Å². The van der Waals surface area contributed by atoms with Gasteiger partial charge >= 0.3 is 0 Å². The van der Waals surface area contributed by atoms with Crippen molar-refractivity contribution in [2.75, 3.05) is 0 Å². The van der Waals surface area contributed by atoms with Crippen LogP contribution in [0.25, 0.3) is 0 Å². The smallest absolute Gasteiger partial charge is 0.169 e. The molecule has 82 valence electrons. The van der Waals surface area contributed by atoms with Gasteiger partial charge < -0.3 is 0 Å². The largest absolute Gasteiger partial charge is 0.294 e. The molecule has 0 saturated carbocycles. The number of nitriles is 1. The van der Waals surface area contributed by atoms with E-state index in [9.17, 15) is 4.79 Å². The van der Waals surface area contributed by atoms with Crippen molar-refractivity contribution < 1.29 is 4.79 Å². The summed E-state index contributed by atoms with van der Waals surface area (Å²) in [6.45, 7) is 2.04. The number of rotatable bonds is 3. The average Bonchev–Trinajstić information content (AvgIpc) is 2.61. The Labute approximate surface area is 95.9 Å². The molecule has 0 aromatic heterocycles. The molecule has 0 heterocycles. The monoisotopic (exact) mass is 213 g/mol. The molecule has 0 spiro atoms. The number of ketones is 1. The number of nitrogens with zero attached hydrogens (tertiary/aromatic N) is 1. The second-order valence-corrected chi connectivity index (χ2v) is 4.46. The lowest BCUT2D eigenvalue weighted by Crippen LogP contribution is -2.27.